The first-order chi connectivity index (χ1) is 9.41. The van der Waals surface area contributed by atoms with Crippen LogP contribution in [0.15, 0.2) is 6.33 Å². The molecule has 1 fully saturated rings. The molecule has 1 aromatic rings. The zero-order valence-corrected chi connectivity index (χ0v) is 11.3. The second-order valence-electron chi connectivity index (χ2n) is 4.28. The van der Waals surface area contributed by atoms with Crippen LogP contribution in [0, 0.1) is 0 Å². The Hall–Kier alpha value is -1.19. The molecule has 4 N–H and O–H groups in total. The number of nitrogens with two attached hydrogens (primary N) is 1. The van der Waals surface area contributed by atoms with Gasteiger partial charge in [0.25, 0.3) is 12.3 Å². The molecule has 1 aliphatic rings. The van der Waals surface area contributed by atoms with Gasteiger partial charge in [-0.15, -0.1) is 5.10 Å². The van der Waals surface area contributed by atoms with Crippen molar-refractivity contribution in [2.24, 2.45) is 5.73 Å². The number of amides is 1. The van der Waals surface area contributed by atoms with Gasteiger partial charge in [0, 0.05) is 0 Å². The van der Waals surface area contributed by atoms with Crippen LogP contribution in [-0.4, -0.2) is 49.6 Å². The zero-order chi connectivity index (χ0) is 14.8. The molecular formula is C9H15FN4O5P+. The summed E-state index contributed by atoms with van der Waals surface area (Å²) in [5.74, 6) is -0.846. The largest absolute Gasteiger partial charge is 0.439 e. The molecule has 0 aromatic carbocycles. The highest BCUT2D eigenvalue weighted by Crippen LogP contribution is 2.51. The standard InChI is InChI=1S/C9H14FN4O5P/c10-4-20(16,17)18-3-6-1-2-7(19-6)14-5-12-9(13-14)8(11)15/h5-7,16-17H,1-4H2,(H-,11,15)/p+1. The molecule has 2 unspecified atom stereocenters. The lowest BCUT2D eigenvalue weighted by atomic mass is 10.2. The first-order valence-electron chi connectivity index (χ1n) is 5.82. The van der Waals surface area contributed by atoms with Crippen molar-refractivity contribution in [2.75, 3.05) is 13.0 Å². The van der Waals surface area contributed by atoms with Gasteiger partial charge in [-0.1, -0.05) is 0 Å². The highest BCUT2D eigenvalue weighted by Gasteiger charge is 2.38. The summed E-state index contributed by atoms with van der Waals surface area (Å²) >= 11 is 0. The van der Waals surface area contributed by atoms with Crippen molar-refractivity contribution >= 4 is 13.9 Å². The molecular weight excluding hydrogens is 294 g/mol. The number of aromatic nitrogens is 3. The predicted octanol–water partition coefficient (Wildman–Crippen LogP) is -0.255. The number of nitrogens with zero attached hydrogens (tertiary/aromatic N) is 3. The fourth-order valence-corrected chi connectivity index (χ4v) is 2.24. The topological polar surface area (TPSA) is 133 Å². The smallest absolute Gasteiger partial charge is 0.363 e. The molecule has 2 rings (SSSR count). The molecule has 11 heteroatoms. The summed E-state index contributed by atoms with van der Waals surface area (Å²) in [6, 6.07) is 0. The van der Waals surface area contributed by atoms with Crippen LogP contribution in [0.5, 0.6) is 0 Å². The molecule has 1 aliphatic heterocycles. The molecule has 0 saturated carbocycles. The van der Waals surface area contributed by atoms with Crippen LogP contribution < -0.4 is 5.73 Å². The average molecular weight is 309 g/mol. The lowest BCUT2D eigenvalue weighted by molar-refractivity contribution is -0.0273. The van der Waals surface area contributed by atoms with Crippen molar-refractivity contribution in [1.82, 2.24) is 14.8 Å². The SMILES string of the molecule is NC(=O)c1ncn(C2CCC(CO[P+](O)(O)CF)O2)n1. The lowest BCUT2D eigenvalue weighted by Crippen LogP contribution is -2.18. The van der Waals surface area contributed by atoms with Gasteiger partial charge in [-0.3, -0.25) is 4.79 Å². The van der Waals surface area contributed by atoms with Gasteiger partial charge in [0.15, 0.2) is 6.23 Å². The number of hydrogen-bond acceptors (Lipinski definition) is 7. The van der Waals surface area contributed by atoms with Crippen LogP contribution in [0.1, 0.15) is 29.7 Å². The van der Waals surface area contributed by atoms with E-state index < -0.39 is 32.6 Å². The van der Waals surface area contributed by atoms with Crippen molar-refractivity contribution in [3.8, 4) is 0 Å². The summed E-state index contributed by atoms with van der Waals surface area (Å²) < 4.78 is 23.8. The number of ether oxygens (including phenoxy) is 1. The van der Waals surface area contributed by atoms with Crippen LogP contribution in [0.4, 0.5) is 4.39 Å². The highest BCUT2D eigenvalue weighted by molar-refractivity contribution is 7.59. The van der Waals surface area contributed by atoms with Crippen molar-refractivity contribution in [3.05, 3.63) is 12.2 Å². The van der Waals surface area contributed by atoms with Gasteiger partial charge in [-0.25, -0.2) is 9.67 Å². The number of hydrogen-bond donors (Lipinski definition) is 3. The number of rotatable bonds is 6. The zero-order valence-electron chi connectivity index (χ0n) is 10.4. The summed E-state index contributed by atoms with van der Waals surface area (Å²) in [4.78, 5) is 32.7. The lowest BCUT2D eigenvalue weighted by Gasteiger charge is -2.14. The van der Waals surface area contributed by atoms with E-state index in [0.717, 1.165) is 0 Å². The number of primary amides is 1. The van der Waals surface area contributed by atoms with Crippen LogP contribution in [0.3, 0.4) is 0 Å². The Balaban J connectivity index is 1.87. The maximum Gasteiger partial charge on any atom is 0.439 e. The normalized spacial score (nSPS) is 23.1. The molecule has 2 atom stereocenters. The van der Waals surface area contributed by atoms with Crippen molar-refractivity contribution in [3.63, 3.8) is 0 Å². The van der Waals surface area contributed by atoms with E-state index in [4.69, 9.17) is 24.8 Å². The molecule has 1 aromatic heterocycles. The third-order valence-corrected chi connectivity index (χ3v) is 3.61. The average Bonchev–Trinajstić information content (AvgIpc) is 3.05. The van der Waals surface area contributed by atoms with Crippen LogP contribution in [-0.2, 0) is 9.26 Å². The molecule has 1 saturated heterocycles. The molecule has 0 aliphatic carbocycles. The molecule has 0 spiro atoms. The highest BCUT2D eigenvalue weighted by atomic mass is 31.2. The molecule has 1 amide bonds. The van der Waals surface area contributed by atoms with Gasteiger partial charge in [-0.2, -0.15) is 18.7 Å². The first-order valence-corrected chi connectivity index (χ1v) is 7.61. The van der Waals surface area contributed by atoms with Crippen LogP contribution >= 0.6 is 7.94 Å². The van der Waals surface area contributed by atoms with E-state index >= 15 is 0 Å². The van der Waals surface area contributed by atoms with Crippen LogP contribution in [0.2, 0.25) is 0 Å². The predicted molar refractivity (Wildman–Crippen MR) is 65.0 cm³/mol. The Morgan fingerprint density at radius 1 is 1.65 bits per heavy atom. The quantitative estimate of drug-likeness (QED) is 0.617. The second-order valence-corrected chi connectivity index (χ2v) is 6.11. The number of carbonyl (C=O) groups excluding carboxylic acids is 1. The van der Waals surface area contributed by atoms with Gasteiger partial charge in [0.05, 0.1) is 6.10 Å². The number of alkyl halides is 1. The molecule has 112 valence electrons. The third kappa shape index (κ3) is 3.68. The molecule has 0 radical (unpaired) electrons. The Bertz CT molecular complexity index is 485. The number of carbonyl (C=O) groups is 1. The van der Waals surface area contributed by atoms with Gasteiger partial charge < -0.3 is 10.5 Å². The van der Waals surface area contributed by atoms with E-state index in [1.165, 1.54) is 11.0 Å². The van der Waals surface area contributed by atoms with E-state index in [1.54, 1.807) is 0 Å². The van der Waals surface area contributed by atoms with Crippen molar-refractivity contribution in [2.45, 2.75) is 25.2 Å². The monoisotopic (exact) mass is 309 g/mol. The second kappa shape index (κ2) is 6.06. The van der Waals surface area contributed by atoms with E-state index in [-0.39, 0.29) is 12.4 Å². The Labute approximate surface area is 114 Å². The Morgan fingerprint density at radius 2 is 2.40 bits per heavy atom. The van der Waals surface area contributed by atoms with Gasteiger partial charge in [0.1, 0.15) is 12.9 Å². The minimum atomic E-state index is -3.92. The summed E-state index contributed by atoms with van der Waals surface area (Å²) in [5, 5.41) is 3.86. The fraction of sp³-hybridized carbons (Fsp3) is 0.667. The van der Waals surface area contributed by atoms with E-state index in [2.05, 4.69) is 10.1 Å². The number of halogens is 1. The van der Waals surface area contributed by atoms with Crippen LogP contribution in [0.25, 0.3) is 0 Å². The van der Waals surface area contributed by atoms with E-state index in [9.17, 15) is 9.18 Å². The summed E-state index contributed by atoms with van der Waals surface area (Å²) in [5.41, 5.74) is 5.04. The maximum atomic E-state index is 12.2. The summed E-state index contributed by atoms with van der Waals surface area (Å²) in [7, 11) is -3.92. The minimum absolute atomic E-state index is 0.110. The van der Waals surface area contributed by atoms with E-state index in [1.807, 2.05) is 0 Å². The summed E-state index contributed by atoms with van der Waals surface area (Å²) in [6.45, 7) is -0.126. The Kier molecular flexibility index (Phi) is 4.61. The summed E-state index contributed by atoms with van der Waals surface area (Å²) in [6.07, 6.45) is 0.293. The first kappa shape index (κ1) is 15.2. The fourth-order valence-electron chi connectivity index (χ4n) is 1.77. The van der Waals surface area contributed by atoms with Gasteiger partial charge >= 0.3 is 7.94 Å². The van der Waals surface area contributed by atoms with E-state index in [0.29, 0.717) is 12.8 Å². The molecule has 9 nitrogen and oxygen atoms in total. The maximum absolute atomic E-state index is 12.2. The van der Waals surface area contributed by atoms with Gasteiger partial charge in [-0.05, 0) is 12.8 Å². The third-order valence-electron chi connectivity index (χ3n) is 2.73. The molecule has 20 heavy (non-hydrogen) atoms. The van der Waals surface area contributed by atoms with Crippen molar-refractivity contribution in [1.29, 1.82) is 0 Å². The minimum Gasteiger partial charge on any atom is -0.363 e. The van der Waals surface area contributed by atoms with Gasteiger partial charge in [0.2, 0.25) is 5.82 Å². The molecule has 0 bridgehead atoms. The van der Waals surface area contributed by atoms with Crippen molar-refractivity contribution < 1.29 is 28.2 Å². The molecule has 2 heterocycles. The Morgan fingerprint density at radius 3 is 3.00 bits per heavy atom.